The molecule has 0 aromatic heterocycles. The Kier molecular flexibility index (Phi) is 8.22. The van der Waals surface area contributed by atoms with Crippen LogP contribution in [0.3, 0.4) is 0 Å². The minimum atomic E-state index is 0. The first-order valence-electron chi connectivity index (χ1n) is 2.30. The van der Waals surface area contributed by atoms with Crippen molar-refractivity contribution in [1.82, 2.24) is 0 Å². The first-order chi connectivity index (χ1) is 3.30. The van der Waals surface area contributed by atoms with Gasteiger partial charge in [-0.3, -0.25) is 0 Å². The Labute approximate surface area is 87.0 Å². The molecular formula is C6H9Br2Rh. The molecule has 0 radical (unpaired) electrons. The predicted molar refractivity (Wildman–Crippen MR) is 47.1 cm³/mol. The van der Waals surface area contributed by atoms with E-state index in [1.807, 2.05) is 0 Å². The van der Waals surface area contributed by atoms with Crippen LogP contribution in [0.15, 0.2) is 21.9 Å². The van der Waals surface area contributed by atoms with Gasteiger partial charge in [-0.1, -0.05) is 0 Å². The fourth-order valence-electron chi connectivity index (χ4n) is 0.582. The number of hydrogen-bond donors (Lipinski definition) is 0. The van der Waals surface area contributed by atoms with Crippen molar-refractivity contribution in [3.8, 4) is 0 Å². The Morgan fingerprint density at radius 3 is 2.11 bits per heavy atom. The summed E-state index contributed by atoms with van der Waals surface area (Å²) in [6, 6.07) is 0. The van der Waals surface area contributed by atoms with Gasteiger partial charge in [-0.15, -0.1) is 34.0 Å². The van der Waals surface area contributed by atoms with Gasteiger partial charge in [0.2, 0.25) is 0 Å². The second kappa shape index (κ2) is 5.82. The van der Waals surface area contributed by atoms with E-state index in [0.717, 1.165) is 6.42 Å². The standard InChI is InChI=1S/C6H7.2BrH.Rh/c1-6-4-2-3-5-6;;;/h2,4H,3H2,1H3;2*1H;. The van der Waals surface area contributed by atoms with Gasteiger partial charge in [0.05, 0.1) is 0 Å². The first-order valence-corrected chi connectivity index (χ1v) is 3.12. The summed E-state index contributed by atoms with van der Waals surface area (Å²) in [7, 11) is 0. The monoisotopic (exact) mass is 342 g/mol. The van der Waals surface area contributed by atoms with Crippen molar-refractivity contribution in [3.05, 3.63) is 21.9 Å². The summed E-state index contributed by atoms with van der Waals surface area (Å²) in [4.78, 5) is 0. The summed E-state index contributed by atoms with van der Waals surface area (Å²) in [5, 5.41) is 0. The first kappa shape index (κ1) is 12.7. The van der Waals surface area contributed by atoms with E-state index in [1.165, 1.54) is 9.74 Å². The molecule has 0 nitrogen and oxygen atoms in total. The maximum absolute atomic E-state index is 2.91. The van der Waals surface area contributed by atoms with E-state index in [-0.39, 0.29) is 34.0 Å². The molecule has 1 aliphatic rings. The van der Waals surface area contributed by atoms with Crippen LogP contribution in [0.5, 0.6) is 0 Å². The third kappa shape index (κ3) is 3.69. The molecule has 0 atom stereocenters. The summed E-state index contributed by atoms with van der Waals surface area (Å²) in [6.07, 6.45) is 5.44. The van der Waals surface area contributed by atoms with Gasteiger partial charge in [-0.05, 0) is 0 Å². The fraction of sp³-hybridized carbons (Fsp3) is 0.333. The molecule has 0 amide bonds. The Morgan fingerprint density at radius 1 is 1.44 bits per heavy atom. The Bertz CT molecular complexity index is 138. The summed E-state index contributed by atoms with van der Waals surface area (Å²) >= 11 is 2.91. The van der Waals surface area contributed by atoms with Crippen LogP contribution in [0, 0.1) is 0 Å². The zero-order chi connectivity index (χ0) is 5.28. The number of halogens is 2. The van der Waals surface area contributed by atoms with E-state index < -0.39 is 0 Å². The molecule has 0 aromatic carbocycles. The van der Waals surface area contributed by atoms with E-state index in [1.54, 1.807) is 0 Å². The summed E-state index contributed by atoms with van der Waals surface area (Å²) in [5.41, 5.74) is 1.40. The van der Waals surface area contributed by atoms with Crippen molar-refractivity contribution in [2.75, 3.05) is 0 Å². The Hall–Kier alpha value is 1.06. The van der Waals surface area contributed by atoms with E-state index >= 15 is 0 Å². The van der Waals surface area contributed by atoms with Crippen molar-refractivity contribution in [1.29, 1.82) is 0 Å². The van der Waals surface area contributed by atoms with Crippen LogP contribution in [-0.4, -0.2) is 0 Å². The van der Waals surface area contributed by atoms with Crippen molar-refractivity contribution in [2.24, 2.45) is 0 Å². The van der Waals surface area contributed by atoms with Crippen molar-refractivity contribution < 1.29 is 18.3 Å². The van der Waals surface area contributed by atoms with Gasteiger partial charge in [0, 0.05) is 0 Å². The number of hydrogen-bond acceptors (Lipinski definition) is 0. The molecule has 0 fully saturated rings. The molecular weight excluding hydrogens is 335 g/mol. The van der Waals surface area contributed by atoms with Gasteiger partial charge >= 0.3 is 53.5 Å². The zero-order valence-corrected chi connectivity index (χ0v) is 10.1. The molecule has 0 N–H and O–H groups in total. The number of rotatable bonds is 0. The molecule has 0 heterocycles. The van der Waals surface area contributed by atoms with Crippen LogP contribution in [0.25, 0.3) is 0 Å². The Balaban J connectivity index is 0. The van der Waals surface area contributed by atoms with Crippen LogP contribution < -0.4 is 0 Å². The molecule has 56 valence electrons. The normalized spacial score (nSPS) is 15.0. The average Bonchev–Trinajstić information content (AvgIpc) is 1.91. The van der Waals surface area contributed by atoms with Gasteiger partial charge in [0.25, 0.3) is 0 Å². The van der Waals surface area contributed by atoms with Crippen LogP contribution in [0.1, 0.15) is 13.3 Å². The van der Waals surface area contributed by atoms with Crippen LogP contribution in [0.2, 0.25) is 0 Å². The predicted octanol–water partition coefficient (Wildman–Crippen LogP) is 2.92. The third-order valence-electron chi connectivity index (χ3n) is 1.07. The van der Waals surface area contributed by atoms with Crippen molar-refractivity contribution >= 4 is 34.0 Å². The Morgan fingerprint density at radius 2 is 2.00 bits per heavy atom. The van der Waals surface area contributed by atoms with E-state index in [4.69, 9.17) is 0 Å². The maximum atomic E-state index is 2.91. The van der Waals surface area contributed by atoms with Crippen LogP contribution >= 0.6 is 34.0 Å². The number of allylic oxidation sites excluding steroid dienone is 4. The third-order valence-corrected chi connectivity index (χ3v) is 2.05. The van der Waals surface area contributed by atoms with Crippen LogP contribution in [0.4, 0.5) is 0 Å². The van der Waals surface area contributed by atoms with Crippen molar-refractivity contribution in [2.45, 2.75) is 13.3 Å². The summed E-state index contributed by atoms with van der Waals surface area (Å²) in [6.45, 7) is 2.12. The molecule has 1 aliphatic carbocycles. The molecule has 0 spiro atoms. The molecule has 0 saturated heterocycles. The quantitative estimate of drug-likeness (QED) is 0.593. The molecule has 1 rings (SSSR count). The summed E-state index contributed by atoms with van der Waals surface area (Å²) < 4.78 is 1.40. The molecule has 0 aromatic rings. The second-order valence-electron chi connectivity index (χ2n) is 1.67. The topological polar surface area (TPSA) is 0 Å². The van der Waals surface area contributed by atoms with E-state index in [9.17, 15) is 0 Å². The molecule has 3 heteroatoms. The van der Waals surface area contributed by atoms with E-state index in [0.29, 0.717) is 0 Å². The van der Waals surface area contributed by atoms with Gasteiger partial charge in [-0.25, -0.2) is 0 Å². The SMILES string of the molecule is Br.Br.CC1=[C]([Rh])CC=C1. The molecule has 0 saturated carbocycles. The molecule has 0 unspecified atom stereocenters. The zero-order valence-electron chi connectivity index (χ0n) is 5.01. The molecule has 0 bridgehead atoms. The average molecular weight is 344 g/mol. The molecule has 0 aliphatic heterocycles. The van der Waals surface area contributed by atoms with Crippen LogP contribution in [-0.2, 0) is 18.3 Å². The van der Waals surface area contributed by atoms with E-state index in [2.05, 4.69) is 37.4 Å². The van der Waals surface area contributed by atoms with Crippen molar-refractivity contribution in [3.63, 3.8) is 0 Å². The summed E-state index contributed by atoms with van der Waals surface area (Å²) in [5.74, 6) is 0. The van der Waals surface area contributed by atoms with Gasteiger partial charge in [0.15, 0.2) is 0 Å². The second-order valence-corrected chi connectivity index (χ2v) is 2.66. The minimum absolute atomic E-state index is 0. The van der Waals surface area contributed by atoms with Gasteiger partial charge in [0.1, 0.15) is 0 Å². The van der Waals surface area contributed by atoms with Gasteiger partial charge < -0.3 is 0 Å². The molecule has 9 heavy (non-hydrogen) atoms. The van der Waals surface area contributed by atoms with Gasteiger partial charge in [-0.2, -0.15) is 0 Å². The fourth-order valence-corrected chi connectivity index (χ4v) is 0.911.